The Labute approximate surface area is 215 Å². The summed E-state index contributed by atoms with van der Waals surface area (Å²) in [6.45, 7) is 30.5. The van der Waals surface area contributed by atoms with Gasteiger partial charge in [-0.2, -0.15) is 5.06 Å². The molecule has 0 aromatic heterocycles. The van der Waals surface area contributed by atoms with Gasteiger partial charge in [0.2, 0.25) is 0 Å². The summed E-state index contributed by atoms with van der Waals surface area (Å²) in [5.41, 5.74) is -0.615. The lowest BCUT2D eigenvalue weighted by Gasteiger charge is -2.54. The van der Waals surface area contributed by atoms with E-state index in [-0.39, 0.29) is 40.5 Å². The van der Waals surface area contributed by atoms with Gasteiger partial charge in [-0.25, -0.2) is 0 Å². The number of piperidine rings is 2. The molecule has 35 heavy (non-hydrogen) atoms. The third kappa shape index (κ3) is 7.90. The van der Waals surface area contributed by atoms with Crippen LogP contribution in [0.2, 0.25) is 0 Å². The maximum Gasteiger partial charge on any atom is 0.119 e. The molecule has 2 saturated heterocycles. The number of allylic oxidation sites excluding steroid dienone is 1. The highest BCUT2D eigenvalue weighted by Gasteiger charge is 2.49. The van der Waals surface area contributed by atoms with Crippen molar-refractivity contribution >= 4 is 0 Å². The van der Waals surface area contributed by atoms with Crippen molar-refractivity contribution in [2.24, 2.45) is 0 Å². The van der Waals surface area contributed by atoms with E-state index in [1.807, 2.05) is 26.0 Å². The molecule has 0 spiro atoms. The molecule has 2 heterocycles. The van der Waals surface area contributed by atoms with Crippen LogP contribution in [-0.4, -0.2) is 63.8 Å². The highest BCUT2D eigenvalue weighted by Crippen LogP contribution is 2.42. The van der Waals surface area contributed by atoms with Crippen molar-refractivity contribution < 1.29 is 19.1 Å². The maximum atomic E-state index is 6.42. The normalized spacial score (nSPS) is 26.3. The van der Waals surface area contributed by atoms with Gasteiger partial charge >= 0.3 is 0 Å². The molecule has 0 aliphatic carbocycles. The lowest BCUT2D eigenvalue weighted by atomic mass is 9.80. The summed E-state index contributed by atoms with van der Waals surface area (Å²) in [6, 6.07) is 0. The number of hydroxylamine groups is 4. The Kier molecular flexibility index (Phi) is 9.85. The van der Waals surface area contributed by atoms with Crippen LogP contribution >= 0.6 is 0 Å². The molecule has 6 nitrogen and oxygen atoms in total. The van der Waals surface area contributed by atoms with E-state index in [9.17, 15) is 0 Å². The van der Waals surface area contributed by atoms with Gasteiger partial charge in [0, 0.05) is 11.1 Å². The average Bonchev–Trinajstić information content (AvgIpc) is 2.70. The van der Waals surface area contributed by atoms with E-state index >= 15 is 0 Å². The van der Waals surface area contributed by atoms with Crippen LogP contribution in [0.1, 0.15) is 94.9 Å². The number of rotatable bonds is 11. The summed E-state index contributed by atoms with van der Waals surface area (Å²) < 4.78 is 12.4. The fourth-order valence-electron chi connectivity index (χ4n) is 6.01. The van der Waals surface area contributed by atoms with Gasteiger partial charge in [0.15, 0.2) is 0 Å². The Bertz CT molecular complexity index is 720. The van der Waals surface area contributed by atoms with Crippen molar-refractivity contribution in [1.29, 1.82) is 0 Å². The van der Waals surface area contributed by atoms with E-state index in [1.165, 1.54) is 0 Å². The summed E-state index contributed by atoms with van der Waals surface area (Å²) in [5.74, 6) is 0.857. The molecule has 6 heteroatoms. The quantitative estimate of drug-likeness (QED) is 0.239. The van der Waals surface area contributed by atoms with Gasteiger partial charge in [-0.15, -0.1) is 18.2 Å². The van der Waals surface area contributed by atoms with Crippen LogP contribution in [0.5, 0.6) is 0 Å². The zero-order chi connectivity index (χ0) is 26.7. The molecular weight excluding hydrogens is 440 g/mol. The summed E-state index contributed by atoms with van der Waals surface area (Å²) in [7, 11) is 0. The molecule has 0 aromatic rings. The number of hydrogen-bond acceptors (Lipinski definition) is 6. The Balaban J connectivity index is 1.98. The van der Waals surface area contributed by atoms with Crippen molar-refractivity contribution in [3.05, 3.63) is 37.1 Å². The standard InChI is InChI=1S/C29H52N2O4/c1-13-16-32-24-18-28(9,10)31(29(11,12)19-24)35-23(4)15-17-33-25-20-26(5,6)30(27(7,8)21-25)34-22(3)14-2/h13-15,22,24-25H,1-2,16-21H2,3-12H3/b23-15-. The van der Waals surface area contributed by atoms with Crippen LogP contribution in [0.3, 0.4) is 0 Å². The van der Waals surface area contributed by atoms with Gasteiger partial charge in [0.1, 0.15) is 5.76 Å². The molecule has 1 unspecified atom stereocenters. The highest BCUT2D eigenvalue weighted by molar-refractivity contribution is 5.01. The fourth-order valence-corrected chi connectivity index (χ4v) is 6.01. The van der Waals surface area contributed by atoms with Gasteiger partial charge < -0.3 is 14.3 Å². The van der Waals surface area contributed by atoms with Gasteiger partial charge in [-0.1, -0.05) is 12.2 Å². The molecule has 0 aromatic carbocycles. The van der Waals surface area contributed by atoms with Crippen LogP contribution < -0.4 is 0 Å². The predicted molar refractivity (Wildman–Crippen MR) is 144 cm³/mol. The van der Waals surface area contributed by atoms with Crippen molar-refractivity contribution in [1.82, 2.24) is 10.1 Å². The molecule has 0 amide bonds. The first-order valence-electron chi connectivity index (χ1n) is 13.1. The average molecular weight is 493 g/mol. The number of hydrogen-bond donors (Lipinski definition) is 0. The Hall–Kier alpha value is -1.18. The van der Waals surface area contributed by atoms with E-state index in [0.29, 0.717) is 13.2 Å². The van der Waals surface area contributed by atoms with Gasteiger partial charge in [-0.3, -0.25) is 4.84 Å². The second-order valence-electron chi connectivity index (χ2n) is 12.8. The largest absolute Gasteiger partial charge is 0.410 e. The molecule has 202 valence electrons. The zero-order valence-electron chi connectivity index (χ0n) is 24.1. The zero-order valence-corrected chi connectivity index (χ0v) is 24.1. The summed E-state index contributed by atoms with van der Waals surface area (Å²) in [6.07, 6.45) is 9.62. The summed E-state index contributed by atoms with van der Waals surface area (Å²) in [4.78, 5) is 12.6. The molecule has 2 rings (SSSR count). The molecule has 1 atom stereocenters. The van der Waals surface area contributed by atoms with Gasteiger partial charge in [0.25, 0.3) is 0 Å². The Morgan fingerprint density at radius 3 is 1.66 bits per heavy atom. The van der Waals surface area contributed by atoms with Crippen LogP contribution in [0, 0.1) is 0 Å². The molecule has 0 bridgehead atoms. The fraction of sp³-hybridized carbons (Fsp3) is 0.793. The van der Waals surface area contributed by atoms with Crippen molar-refractivity contribution in [3.8, 4) is 0 Å². The van der Waals surface area contributed by atoms with E-state index in [2.05, 4.69) is 84.8 Å². The third-order valence-corrected chi connectivity index (χ3v) is 7.10. The van der Waals surface area contributed by atoms with Crippen LogP contribution in [-0.2, 0) is 19.1 Å². The minimum absolute atomic E-state index is 0.0270. The minimum atomic E-state index is -0.160. The summed E-state index contributed by atoms with van der Waals surface area (Å²) in [5, 5.41) is 4.28. The molecule has 0 saturated carbocycles. The van der Waals surface area contributed by atoms with E-state index in [0.717, 1.165) is 31.4 Å². The van der Waals surface area contributed by atoms with Crippen LogP contribution in [0.15, 0.2) is 37.1 Å². The van der Waals surface area contributed by atoms with Gasteiger partial charge in [0.05, 0.1) is 42.6 Å². The number of ether oxygens (including phenoxy) is 2. The third-order valence-electron chi connectivity index (χ3n) is 7.10. The van der Waals surface area contributed by atoms with Gasteiger partial charge in [-0.05, 0) is 101 Å². The molecular formula is C29H52N2O4. The topological polar surface area (TPSA) is 43.4 Å². The first-order chi connectivity index (χ1) is 16.0. The SMILES string of the molecule is C=CCOC1CC(C)(C)N(O/C(C)=C\COC2CC(C)(C)N(OC(C)C=C)C(C)(C)C2)C(C)(C)C1. The second kappa shape index (κ2) is 11.5. The monoisotopic (exact) mass is 492 g/mol. The smallest absolute Gasteiger partial charge is 0.119 e. The predicted octanol–water partition coefficient (Wildman–Crippen LogP) is 6.59. The first-order valence-corrected chi connectivity index (χ1v) is 13.1. The molecule has 2 aliphatic heterocycles. The highest BCUT2D eigenvalue weighted by atomic mass is 16.7. The molecule has 2 aliphatic rings. The molecule has 0 radical (unpaired) electrons. The lowest BCUT2D eigenvalue weighted by molar-refractivity contribution is -0.305. The Morgan fingerprint density at radius 2 is 1.23 bits per heavy atom. The maximum absolute atomic E-state index is 6.42. The minimum Gasteiger partial charge on any atom is -0.410 e. The van der Waals surface area contributed by atoms with E-state index < -0.39 is 0 Å². The number of nitrogens with zero attached hydrogens (tertiary/aromatic N) is 2. The molecule has 0 N–H and O–H groups in total. The van der Waals surface area contributed by atoms with Crippen molar-refractivity contribution in [2.45, 2.75) is 135 Å². The first kappa shape index (κ1) is 30.0. The van der Waals surface area contributed by atoms with Crippen molar-refractivity contribution in [3.63, 3.8) is 0 Å². The van der Waals surface area contributed by atoms with Crippen LogP contribution in [0.4, 0.5) is 0 Å². The van der Waals surface area contributed by atoms with Crippen LogP contribution in [0.25, 0.3) is 0 Å². The Morgan fingerprint density at radius 1 is 0.800 bits per heavy atom. The van der Waals surface area contributed by atoms with E-state index in [4.69, 9.17) is 19.1 Å². The second-order valence-corrected chi connectivity index (χ2v) is 12.8. The van der Waals surface area contributed by atoms with E-state index in [1.54, 1.807) is 0 Å². The summed E-state index contributed by atoms with van der Waals surface area (Å²) >= 11 is 0. The lowest BCUT2D eigenvalue weighted by Crippen LogP contribution is -2.62. The molecule has 2 fully saturated rings. The van der Waals surface area contributed by atoms with Crippen molar-refractivity contribution in [2.75, 3.05) is 13.2 Å².